The molecule has 6 heteroatoms. The second kappa shape index (κ2) is 6.51. The average Bonchev–Trinajstić information content (AvgIpc) is 2.96. The third-order valence-electron chi connectivity index (χ3n) is 2.89. The molecule has 1 N–H and O–H groups in total. The van der Waals surface area contributed by atoms with Crippen molar-refractivity contribution in [2.75, 3.05) is 6.54 Å². The Morgan fingerprint density at radius 2 is 1.90 bits per heavy atom. The minimum Gasteiger partial charge on any atom is -0.354 e. The summed E-state index contributed by atoms with van der Waals surface area (Å²) in [7, 11) is 0. The molecule has 0 unspecified atom stereocenters. The number of para-hydroxylation sites is 1. The molecule has 1 aromatic carbocycles. The van der Waals surface area contributed by atoms with Crippen molar-refractivity contribution in [2.24, 2.45) is 0 Å². The van der Waals surface area contributed by atoms with E-state index in [9.17, 15) is 14.9 Å². The Kier molecular flexibility index (Phi) is 4.49. The largest absolute Gasteiger partial charge is 0.354 e. The molecule has 0 bridgehead atoms. The molecular weight excluding hydrogens is 258 g/mol. The molecule has 20 heavy (non-hydrogen) atoms. The van der Waals surface area contributed by atoms with Crippen LogP contribution in [-0.2, 0) is 6.54 Å². The predicted octanol–water partition coefficient (Wildman–Crippen LogP) is 2.22. The van der Waals surface area contributed by atoms with Crippen molar-refractivity contribution in [1.29, 1.82) is 0 Å². The second-order valence-electron chi connectivity index (χ2n) is 4.30. The lowest BCUT2D eigenvalue weighted by atomic mass is 10.1. The lowest BCUT2D eigenvalue weighted by Gasteiger charge is -2.06. The Morgan fingerprint density at radius 1 is 1.20 bits per heavy atom. The van der Waals surface area contributed by atoms with Gasteiger partial charge < -0.3 is 9.88 Å². The van der Waals surface area contributed by atoms with E-state index < -0.39 is 10.8 Å². The average molecular weight is 273 g/mol. The first-order valence-corrected chi connectivity index (χ1v) is 6.31. The third kappa shape index (κ3) is 3.44. The van der Waals surface area contributed by atoms with Crippen molar-refractivity contribution in [2.45, 2.75) is 13.0 Å². The number of aryl methyl sites for hydroxylation is 1. The highest BCUT2D eigenvalue weighted by Crippen LogP contribution is 2.17. The van der Waals surface area contributed by atoms with Gasteiger partial charge in [-0.1, -0.05) is 12.1 Å². The number of nitro groups is 1. The van der Waals surface area contributed by atoms with Gasteiger partial charge in [-0.3, -0.25) is 14.9 Å². The summed E-state index contributed by atoms with van der Waals surface area (Å²) in [5.41, 5.74) is -0.0751. The van der Waals surface area contributed by atoms with Gasteiger partial charge in [0.1, 0.15) is 5.56 Å². The standard InChI is InChI=1S/C14H15N3O3/c18-14(12-6-1-2-7-13(12)17(19)20)15-8-5-11-16-9-3-4-10-16/h1-4,6-7,9-10H,5,8,11H2,(H,15,18). The van der Waals surface area contributed by atoms with Crippen LogP contribution in [0.3, 0.4) is 0 Å². The molecule has 0 spiro atoms. The van der Waals surface area contributed by atoms with Gasteiger partial charge in [0.05, 0.1) is 4.92 Å². The number of hydrogen-bond donors (Lipinski definition) is 1. The summed E-state index contributed by atoms with van der Waals surface area (Å²) in [6.07, 6.45) is 4.66. The molecule has 1 aromatic heterocycles. The Balaban J connectivity index is 1.87. The molecule has 2 rings (SSSR count). The minimum absolute atomic E-state index is 0.0958. The van der Waals surface area contributed by atoms with Crippen LogP contribution in [0.4, 0.5) is 5.69 Å². The quantitative estimate of drug-likeness (QED) is 0.498. The molecule has 0 radical (unpaired) electrons. The summed E-state index contributed by atoms with van der Waals surface area (Å²) in [6.45, 7) is 1.27. The van der Waals surface area contributed by atoms with Crippen molar-refractivity contribution in [1.82, 2.24) is 9.88 Å². The Labute approximate surface area is 116 Å². The van der Waals surface area contributed by atoms with Gasteiger partial charge in [-0.25, -0.2) is 0 Å². The molecule has 0 aliphatic carbocycles. The summed E-state index contributed by atoms with van der Waals surface area (Å²) in [5.74, 6) is -0.412. The molecule has 2 aromatic rings. The van der Waals surface area contributed by atoms with Crippen molar-refractivity contribution in [3.8, 4) is 0 Å². The van der Waals surface area contributed by atoms with E-state index in [1.54, 1.807) is 12.1 Å². The van der Waals surface area contributed by atoms with Gasteiger partial charge >= 0.3 is 0 Å². The topological polar surface area (TPSA) is 77.2 Å². The lowest BCUT2D eigenvalue weighted by Crippen LogP contribution is -2.25. The number of hydrogen-bond acceptors (Lipinski definition) is 3. The summed E-state index contributed by atoms with van der Waals surface area (Å²) in [4.78, 5) is 22.2. The number of nitrogens with zero attached hydrogens (tertiary/aromatic N) is 2. The van der Waals surface area contributed by atoms with E-state index in [1.807, 2.05) is 29.1 Å². The number of carbonyl (C=O) groups excluding carboxylic acids is 1. The van der Waals surface area contributed by atoms with Crippen LogP contribution in [0.25, 0.3) is 0 Å². The maximum absolute atomic E-state index is 11.9. The van der Waals surface area contributed by atoms with E-state index in [0.29, 0.717) is 6.54 Å². The third-order valence-corrected chi connectivity index (χ3v) is 2.89. The van der Waals surface area contributed by atoms with Crippen molar-refractivity contribution in [3.05, 3.63) is 64.5 Å². The lowest BCUT2D eigenvalue weighted by molar-refractivity contribution is -0.385. The molecule has 0 saturated carbocycles. The number of nitrogens with one attached hydrogen (secondary N) is 1. The van der Waals surface area contributed by atoms with Crippen LogP contribution in [0.2, 0.25) is 0 Å². The van der Waals surface area contributed by atoms with Crippen molar-refractivity contribution >= 4 is 11.6 Å². The van der Waals surface area contributed by atoms with Crippen molar-refractivity contribution < 1.29 is 9.72 Å². The van der Waals surface area contributed by atoms with E-state index in [4.69, 9.17) is 0 Å². The van der Waals surface area contributed by atoms with Crippen LogP contribution < -0.4 is 5.32 Å². The number of nitro benzene ring substituents is 1. The zero-order valence-corrected chi connectivity index (χ0v) is 10.9. The van der Waals surface area contributed by atoms with Crippen LogP contribution >= 0.6 is 0 Å². The van der Waals surface area contributed by atoms with Crippen LogP contribution in [0.15, 0.2) is 48.8 Å². The first kappa shape index (κ1) is 13.8. The first-order valence-electron chi connectivity index (χ1n) is 6.31. The molecule has 1 heterocycles. The number of benzene rings is 1. The second-order valence-corrected chi connectivity index (χ2v) is 4.30. The monoisotopic (exact) mass is 273 g/mol. The van der Waals surface area contributed by atoms with Gasteiger partial charge in [0.25, 0.3) is 11.6 Å². The van der Waals surface area contributed by atoms with E-state index in [0.717, 1.165) is 13.0 Å². The summed E-state index contributed by atoms with van der Waals surface area (Å²) >= 11 is 0. The van der Waals surface area contributed by atoms with Gasteiger partial charge in [0, 0.05) is 31.5 Å². The summed E-state index contributed by atoms with van der Waals surface area (Å²) in [5, 5.41) is 13.5. The fourth-order valence-corrected chi connectivity index (χ4v) is 1.90. The highest BCUT2D eigenvalue weighted by atomic mass is 16.6. The Bertz CT molecular complexity index is 593. The SMILES string of the molecule is O=C(NCCCn1cccc1)c1ccccc1[N+](=O)[O-]. The Morgan fingerprint density at radius 3 is 2.60 bits per heavy atom. The highest BCUT2D eigenvalue weighted by Gasteiger charge is 2.18. The zero-order chi connectivity index (χ0) is 14.4. The van der Waals surface area contributed by atoms with E-state index in [1.165, 1.54) is 12.1 Å². The number of amides is 1. The van der Waals surface area contributed by atoms with Crippen LogP contribution in [0, 0.1) is 10.1 Å². The van der Waals surface area contributed by atoms with Crippen LogP contribution in [0.1, 0.15) is 16.8 Å². The smallest absolute Gasteiger partial charge is 0.282 e. The molecule has 0 fully saturated rings. The van der Waals surface area contributed by atoms with Gasteiger partial charge in [0.15, 0.2) is 0 Å². The number of carbonyl (C=O) groups is 1. The number of aromatic nitrogens is 1. The van der Waals surface area contributed by atoms with Crippen LogP contribution in [0.5, 0.6) is 0 Å². The molecule has 104 valence electrons. The predicted molar refractivity (Wildman–Crippen MR) is 74.5 cm³/mol. The summed E-state index contributed by atoms with van der Waals surface area (Å²) < 4.78 is 2.01. The molecule has 0 saturated heterocycles. The molecule has 0 atom stereocenters. The van der Waals surface area contributed by atoms with Gasteiger partial charge in [-0.05, 0) is 24.6 Å². The van der Waals surface area contributed by atoms with Gasteiger partial charge in [0.2, 0.25) is 0 Å². The fourth-order valence-electron chi connectivity index (χ4n) is 1.90. The Hall–Kier alpha value is -2.63. The van der Waals surface area contributed by atoms with E-state index in [-0.39, 0.29) is 11.3 Å². The minimum atomic E-state index is -0.547. The maximum Gasteiger partial charge on any atom is 0.282 e. The normalized spacial score (nSPS) is 10.2. The zero-order valence-electron chi connectivity index (χ0n) is 10.9. The maximum atomic E-state index is 11.9. The molecule has 0 aliphatic heterocycles. The molecule has 0 aliphatic rings. The summed E-state index contributed by atoms with van der Waals surface area (Å²) in [6, 6.07) is 9.81. The van der Waals surface area contributed by atoms with E-state index in [2.05, 4.69) is 5.32 Å². The van der Waals surface area contributed by atoms with Gasteiger partial charge in [-0.2, -0.15) is 0 Å². The van der Waals surface area contributed by atoms with E-state index >= 15 is 0 Å². The molecular formula is C14H15N3O3. The first-order chi connectivity index (χ1) is 9.68. The van der Waals surface area contributed by atoms with Gasteiger partial charge in [-0.15, -0.1) is 0 Å². The highest BCUT2D eigenvalue weighted by molar-refractivity contribution is 5.98. The van der Waals surface area contributed by atoms with Crippen molar-refractivity contribution in [3.63, 3.8) is 0 Å². The number of rotatable bonds is 6. The fraction of sp³-hybridized carbons (Fsp3) is 0.214. The van der Waals surface area contributed by atoms with Crippen LogP contribution in [-0.4, -0.2) is 21.9 Å². The molecule has 6 nitrogen and oxygen atoms in total. The molecule has 1 amide bonds.